The molecule has 11 heteroatoms. The van der Waals surface area contributed by atoms with Gasteiger partial charge in [0.2, 0.25) is 5.96 Å². The van der Waals surface area contributed by atoms with Crippen molar-refractivity contribution in [2.75, 3.05) is 10.0 Å². The summed E-state index contributed by atoms with van der Waals surface area (Å²) in [6.45, 7) is 3.69. The normalized spacial score (nSPS) is 12.0. The summed E-state index contributed by atoms with van der Waals surface area (Å²) in [6, 6.07) is 7.92. The molecule has 2 aromatic heterocycles. The number of nitrogens with one attached hydrogen (secondary N) is 2. The number of aryl methyl sites for hydroxylation is 2. The summed E-state index contributed by atoms with van der Waals surface area (Å²) in [5, 5.41) is 4.87. The van der Waals surface area contributed by atoms with Crippen molar-refractivity contribution in [3.63, 3.8) is 0 Å². The molecule has 1 aromatic carbocycles. The fourth-order valence-corrected chi connectivity index (χ4v) is 3.99. The summed E-state index contributed by atoms with van der Waals surface area (Å²) >= 11 is 1.20. The van der Waals surface area contributed by atoms with Crippen LogP contribution in [0.2, 0.25) is 0 Å². The number of hydrogen-bond donors (Lipinski definition) is 3. The van der Waals surface area contributed by atoms with Gasteiger partial charge in [-0.05, 0) is 44.2 Å². The maximum absolute atomic E-state index is 12.3. The van der Waals surface area contributed by atoms with Crippen LogP contribution in [-0.4, -0.2) is 29.3 Å². The molecular weight excluding hydrogens is 386 g/mol. The van der Waals surface area contributed by atoms with Crippen LogP contribution >= 0.6 is 11.3 Å². The van der Waals surface area contributed by atoms with Crippen molar-refractivity contribution in [1.29, 1.82) is 0 Å². The van der Waals surface area contributed by atoms with E-state index in [2.05, 4.69) is 30.0 Å². The maximum Gasteiger partial charge on any atom is 0.263 e. The van der Waals surface area contributed by atoms with E-state index in [1.807, 2.05) is 19.9 Å². The van der Waals surface area contributed by atoms with Crippen LogP contribution in [-0.2, 0) is 10.0 Å². The molecule has 0 saturated carbocycles. The van der Waals surface area contributed by atoms with E-state index in [1.54, 1.807) is 17.5 Å². The van der Waals surface area contributed by atoms with E-state index in [9.17, 15) is 8.42 Å². The average molecular weight is 403 g/mol. The Morgan fingerprint density at radius 3 is 2.41 bits per heavy atom. The van der Waals surface area contributed by atoms with Crippen LogP contribution in [0.25, 0.3) is 0 Å². The first kappa shape index (κ1) is 18.7. The van der Waals surface area contributed by atoms with Gasteiger partial charge in [-0.2, -0.15) is 4.99 Å². The molecule has 4 N–H and O–H groups in total. The average Bonchev–Trinajstić information content (AvgIpc) is 3.06. The number of nitrogens with zero attached hydrogens (tertiary/aromatic N) is 4. The quantitative estimate of drug-likeness (QED) is 0.440. The highest BCUT2D eigenvalue weighted by atomic mass is 32.2. The van der Waals surface area contributed by atoms with Crippen molar-refractivity contribution < 1.29 is 8.42 Å². The highest BCUT2D eigenvalue weighted by Crippen LogP contribution is 2.19. The molecule has 0 amide bonds. The number of sulfonamides is 1. The third-order valence-corrected chi connectivity index (χ3v) is 5.45. The summed E-state index contributed by atoms with van der Waals surface area (Å²) in [5.41, 5.74) is 8.03. The number of hydrogen-bond acceptors (Lipinski definition) is 7. The molecule has 0 aliphatic carbocycles. The zero-order valence-electron chi connectivity index (χ0n) is 14.5. The first-order valence-corrected chi connectivity index (χ1v) is 10.1. The van der Waals surface area contributed by atoms with Crippen molar-refractivity contribution in [2.24, 2.45) is 10.7 Å². The second-order valence-corrected chi connectivity index (χ2v) is 8.12. The molecule has 0 aliphatic rings. The molecule has 27 heavy (non-hydrogen) atoms. The van der Waals surface area contributed by atoms with Crippen molar-refractivity contribution >= 4 is 44.1 Å². The van der Waals surface area contributed by atoms with Crippen LogP contribution in [0, 0.1) is 13.8 Å². The van der Waals surface area contributed by atoms with Crippen LogP contribution in [0.3, 0.4) is 0 Å². The Kier molecular flexibility index (Phi) is 5.33. The topological polar surface area (TPSA) is 135 Å². The molecule has 0 saturated heterocycles. The van der Waals surface area contributed by atoms with Gasteiger partial charge in [-0.3, -0.25) is 4.72 Å². The molecule has 2 heterocycles. The minimum atomic E-state index is -3.70. The van der Waals surface area contributed by atoms with Crippen molar-refractivity contribution in [2.45, 2.75) is 18.7 Å². The van der Waals surface area contributed by atoms with Crippen LogP contribution in [0.5, 0.6) is 0 Å². The first-order chi connectivity index (χ1) is 12.8. The number of thiazole rings is 1. The van der Waals surface area contributed by atoms with Gasteiger partial charge in [0.05, 0.1) is 4.90 Å². The summed E-state index contributed by atoms with van der Waals surface area (Å²) in [5.74, 6) is 0.348. The summed E-state index contributed by atoms with van der Waals surface area (Å²) in [7, 11) is -3.70. The number of aliphatic imine (C=N–C) groups is 1. The Labute approximate surface area is 160 Å². The van der Waals surface area contributed by atoms with E-state index in [1.165, 1.54) is 29.7 Å². The fourth-order valence-electron chi connectivity index (χ4n) is 2.21. The van der Waals surface area contributed by atoms with Crippen molar-refractivity contribution in [3.8, 4) is 0 Å². The molecule has 3 rings (SSSR count). The highest BCUT2D eigenvalue weighted by molar-refractivity contribution is 7.93. The molecule has 0 fully saturated rings. The Balaban J connectivity index is 1.72. The van der Waals surface area contributed by atoms with E-state index < -0.39 is 10.0 Å². The van der Waals surface area contributed by atoms with E-state index in [0.29, 0.717) is 10.8 Å². The molecule has 9 nitrogen and oxygen atoms in total. The molecule has 140 valence electrons. The van der Waals surface area contributed by atoms with Crippen LogP contribution in [0.4, 0.5) is 16.8 Å². The molecule has 0 radical (unpaired) electrons. The van der Waals surface area contributed by atoms with Crippen LogP contribution < -0.4 is 15.8 Å². The number of anilines is 2. The van der Waals surface area contributed by atoms with Gasteiger partial charge in [0.1, 0.15) is 0 Å². The van der Waals surface area contributed by atoms with E-state index >= 15 is 0 Å². The number of guanidine groups is 1. The van der Waals surface area contributed by atoms with Gasteiger partial charge in [0, 0.05) is 28.7 Å². The second kappa shape index (κ2) is 7.68. The molecule has 0 aliphatic heterocycles. The lowest BCUT2D eigenvalue weighted by molar-refractivity contribution is 0.601. The zero-order chi connectivity index (χ0) is 19.4. The van der Waals surface area contributed by atoms with Gasteiger partial charge in [-0.15, -0.1) is 11.3 Å². The molecule has 0 bridgehead atoms. The van der Waals surface area contributed by atoms with E-state index in [4.69, 9.17) is 5.73 Å². The van der Waals surface area contributed by atoms with Crippen molar-refractivity contribution in [3.05, 3.63) is 53.3 Å². The van der Waals surface area contributed by atoms with Gasteiger partial charge < -0.3 is 11.1 Å². The molecule has 3 aromatic rings. The van der Waals surface area contributed by atoms with Gasteiger partial charge in [-0.25, -0.2) is 23.4 Å². The summed E-state index contributed by atoms with van der Waals surface area (Å²) < 4.78 is 27.0. The second-order valence-electron chi connectivity index (χ2n) is 5.54. The van der Waals surface area contributed by atoms with E-state index in [0.717, 1.165) is 11.4 Å². The minimum absolute atomic E-state index is 0.0940. The third kappa shape index (κ3) is 4.99. The number of nitrogens with two attached hydrogens (primary N) is 1. The molecule has 0 unspecified atom stereocenters. The molecule has 0 spiro atoms. The number of aromatic nitrogens is 3. The van der Waals surface area contributed by atoms with Crippen molar-refractivity contribution in [1.82, 2.24) is 15.0 Å². The van der Waals surface area contributed by atoms with E-state index in [-0.39, 0.29) is 16.8 Å². The van der Waals surface area contributed by atoms with Crippen LogP contribution in [0.1, 0.15) is 11.4 Å². The van der Waals surface area contributed by atoms with Gasteiger partial charge in [-0.1, -0.05) is 0 Å². The monoisotopic (exact) mass is 403 g/mol. The number of rotatable bonds is 5. The molecular formula is C16H17N7O2S2. The predicted octanol–water partition coefficient (Wildman–Crippen LogP) is 2.41. The lowest BCUT2D eigenvalue weighted by Gasteiger charge is -2.08. The van der Waals surface area contributed by atoms with Gasteiger partial charge >= 0.3 is 0 Å². The number of benzene rings is 1. The Morgan fingerprint density at radius 1 is 1.15 bits per heavy atom. The third-order valence-electron chi connectivity index (χ3n) is 3.28. The summed E-state index contributed by atoms with van der Waals surface area (Å²) in [6.07, 6.45) is 1.52. The Bertz CT molecular complexity index is 1040. The first-order valence-electron chi connectivity index (χ1n) is 7.78. The zero-order valence-corrected chi connectivity index (χ0v) is 16.2. The highest BCUT2D eigenvalue weighted by Gasteiger charge is 2.15. The smallest absolute Gasteiger partial charge is 0.263 e. The lowest BCUT2D eigenvalue weighted by atomic mass is 10.3. The fraction of sp³-hybridized carbons (Fsp3) is 0.125. The predicted molar refractivity (Wildman–Crippen MR) is 106 cm³/mol. The summed E-state index contributed by atoms with van der Waals surface area (Å²) in [4.78, 5) is 16.5. The lowest BCUT2D eigenvalue weighted by Crippen LogP contribution is -2.22. The maximum atomic E-state index is 12.3. The van der Waals surface area contributed by atoms with Gasteiger partial charge in [0.25, 0.3) is 16.0 Å². The SMILES string of the molecule is Cc1cc(C)nc(N=C(N)Nc2ccc(S(=O)(=O)Nc3nccs3)cc2)n1. The Morgan fingerprint density at radius 2 is 1.81 bits per heavy atom. The minimum Gasteiger partial charge on any atom is -0.369 e. The Hall–Kier alpha value is -3.05. The van der Waals surface area contributed by atoms with Gasteiger partial charge in [0.15, 0.2) is 5.13 Å². The molecule has 0 atom stereocenters. The standard InChI is InChI=1S/C16H17N7O2S2/c1-10-9-11(2)20-15(19-10)22-14(17)21-12-3-5-13(6-4-12)27(24,25)23-16-18-7-8-26-16/h3-9H,1-2H3,(H,18,23)(H3,17,19,20,21,22). The largest absolute Gasteiger partial charge is 0.369 e. The van der Waals surface area contributed by atoms with Crippen LogP contribution in [0.15, 0.2) is 51.8 Å².